The molecule has 3 aliphatic rings. The predicted molar refractivity (Wildman–Crippen MR) is 128 cm³/mol. The summed E-state index contributed by atoms with van der Waals surface area (Å²) in [6.45, 7) is 6.46. The maximum atomic E-state index is 14.2. The summed E-state index contributed by atoms with van der Waals surface area (Å²) in [5.41, 5.74) is 2.98. The SMILES string of the molecule is CN1CCC(C2(c3cccc4c3C(O)CC4)C=CC(F)=CC2(C)C)CC1.O=C(O)/C=C/C(=O)O. The smallest absolute Gasteiger partial charge is 0.328 e. The van der Waals surface area contributed by atoms with Crippen molar-refractivity contribution in [3.05, 3.63) is 71.1 Å². The van der Waals surface area contributed by atoms with Crippen LogP contribution in [-0.2, 0) is 21.4 Å². The lowest BCUT2D eigenvalue weighted by Crippen LogP contribution is -2.50. The predicted octanol–water partition coefficient (Wildman–Crippen LogP) is 4.41. The summed E-state index contributed by atoms with van der Waals surface area (Å²) < 4.78 is 14.2. The van der Waals surface area contributed by atoms with Crippen molar-refractivity contribution in [1.29, 1.82) is 0 Å². The maximum Gasteiger partial charge on any atom is 0.328 e. The van der Waals surface area contributed by atoms with E-state index in [2.05, 4.69) is 50.1 Å². The van der Waals surface area contributed by atoms with Crippen LogP contribution in [0.25, 0.3) is 0 Å². The van der Waals surface area contributed by atoms with E-state index in [4.69, 9.17) is 10.2 Å². The number of likely N-dealkylation sites (tertiary alicyclic amines) is 1. The largest absolute Gasteiger partial charge is 0.478 e. The van der Waals surface area contributed by atoms with Gasteiger partial charge in [0.05, 0.1) is 6.10 Å². The van der Waals surface area contributed by atoms with Crippen LogP contribution in [0.2, 0.25) is 0 Å². The number of hydrogen-bond acceptors (Lipinski definition) is 4. The van der Waals surface area contributed by atoms with Gasteiger partial charge in [-0.15, -0.1) is 0 Å². The van der Waals surface area contributed by atoms with E-state index in [1.807, 2.05) is 0 Å². The molecule has 1 heterocycles. The summed E-state index contributed by atoms with van der Waals surface area (Å²) in [5, 5.41) is 26.4. The highest BCUT2D eigenvalue weighted by molar-refractivity contribution is 5.89. The van der Waals surface area contributed by atoms with Gasteiger partial charge in [-0.05, 0) is 86.0 Å². The minimum absolute atomic E-state index is 0.147. The average Bonchev–Trinajstić information content (AvgIpc) is 3.14. The number of aliphatic carboxylic acids is 2. The number of hydrogen-bond donors (Lipinski definition) is 3. The van der Waals surface area contributed by atoms with Crippen LogP contribution >= 0.6 is 0 Å². The first-order chi connectivity index (χ1) is 16.0. The van der Waals surface area contributed by atoms with Gasteiger partial charge < -0.3 is 20.2 Å². The van der Waals surface area contributed by atoms with E-state index >= 15 is 0 Å². The molecule has 0 spiro atoms. The third kappa shape index (κ3) is 5.15. The van der Waals surface area contributed by atoms with E-state index < -0.39 is 18.0 Å². The highest BCUT2D eigenvalue weighted by Crippen LogP contribution is 2.57. The molecule has 1 fully saturated rings. The van der Waals surface area contributed by atoms with Crippen LogP contribution < -0.4 is 0 Å². The molecule has 0 aromatic heterocycles. The highest BCUT2D eigenvalue weighted by atomic mass is 19.1. The molecule has 34 heavy (non-hydrogen) atoms. The summed E-state index contributed by atoms with van der Waals surface area (Å²) in [4.78, 5) is 21.5. The van der Waals surface area contributed by atoms with Gasteiger partial charge in [-0.1, -0.05) is 38.1 Å². The summed E-state index contributed by atoms with van der Waals surface area (Å²) in [6, 6.07) is 6.46. The number of fused-ring (bicyclic) bond motifs is 1. The van der Waals surface area contributed by atoms with Crippen LogP contribution in [0.15, 0.2) is 54.4 Å². The number of aliphatic hydroxyl groups excluding tert-OH is 1. The third-order valence-electron chi connectivity index (χ3n) is 7.46. The number of piperidine rings is 1. The highest BCUT2D eigenvalue weighted by Gasteiger charge is 2.52. The third-order valence-corrected chi connectivity index (χ3v) is 7.46. The second-order valence-corrected chi connectivity index (χ2v) is 9.97. The minimum atomic E-state index is -1.26. The van der Waals surface area contributed by atoms with Crippen LogP contribution in [0.4, 0.5) is 4.39 Å². The molecule has 2 aliphatic carbocycles. The summed E-state index contributed by atoms with van der Waals surface area (Å²) in [6.07, 6.45) is 10.2. The quantitative estimate of drug-likeness (QED) is 0.563. The first-order valence-electron chi connectivity index (χ1n) is 11.7. The van der Waals surface area contributed by atoms with Crippen LogP contribution in [0.5, 0.6) is 0 Å². The number of carboxylic acid groups (broad SMARTS) is 2. The van der Waals surface area contributed by atoms with Crippen molar-refractivity contribution in [2.45, 2.75) is 51.0 Å². The standard InChI is InChI=1S/C23H30FNO.C4H4O4/c1-22(2)15-18(24)9-12-23(22,17-10-13-25(3)14-11-17)19-6-4-5-16-7-8-20(26)21(16)19;5-3(6)1-2-4(7)8/h4-6,9,12,15,17,20,26H,7-8,10-11,13-14H2,1-3H3;1-2H,(H,5,6)(H,7,8)/b;2-1+. The lowest BCUT2D eigenvalue weighted by atomic mass is 9.51. The zero-order chi connectivity index (χ0) is 25.1. The van der Waals surface area contributed by atoms with Gasteiger partial charge in [-0.3, -0.25) is 0 Å². The molecule has 1 aromatic carbocycles. The van der Waals surface area contributed by atoms with Crippen molar-refractivity contribution in [2.24, 2.45) is 11.3 Å². The zero-order valence-electron chi connectivity index (χ0n) is 20.0. The molecular formula is C27H34FNO5. The monoisotopic (exact) mass is 471 g/mol. The molecule has 1 aromatic rings. The number of carboxylic acids is 2. The Morgan fingerprint density at radius 1 is 1.09 bits per heavy atom. The fourth-order valence-corrected chi connectivity index (χ4v) is 5.89. The zero-order valence-corrected chi connectivity index (χ0v) is 20.0. The Morgan fingerprint density at radius 2 is 1.71 bits per heavy atom. The average molecular weight is 472 g/mol. The molecule has 1 aliphatic heterocycles. The minimum Gasteiger partial charge on any atom is -0.478 e. The normalized spacial score (nSPS) is 26.5. The number of carbonyl (C=O) groups is 2. The Kier molecular flexibility index (Phi) is 7.78. The van der Waals surface area contributed by atoms with Crippen molar-refractivity contribution >= 4 is 11.9 Å². The van der Waals surface area contributed by atoms with E-state index in [0.717, 1.165) is 44.3 Å². The van der Waals surface area contributed by atoms with Crippen molar-refractivity contribution in [1.82, 2.24) is 4.90 Å². The second kappa shape index (κ2) is 10.2. The molecule has 7 heteroatoms. The first-order valence-corrected chi connectivity index (χ1v) is 11.7. The van der Waals surface area contributed by atoms with Gasteiger partial charge in [0.1, 0.15) is 5.83 Å². The van der Waals surface area contributed by atoms with Crippen LogP contribution in [-0.4, -0.2) is 52.3 Å². The number of rotatable bonds is 4. The lowest BCUT2D eigenvalue weighted by Gasteiger charge is -2.53. The Bertz CT molecular complexity index is 1000. The lowest BCUT2D eigenvalue weighted by molar-refractivity contribution is -0.134. The van der Waals surface area contributed by atoms with Crippen molar-refractivity contribution in [2.75, 3.05) is 20.1 Å². The fourth-order valence-electron chi connectivity index (χ4n) is 5.89. The molecule has 0 bridgehead atoms. The molecule has 4 rings (SSSR count). The number of aryl methyl sites for hydroxylation is 1. The summed E-state index contributed by atoms with van der Waals surface area (Å²) in [5.74, 6) is -2.22. The molecular weight excluding hydrogens is 437 g/mol. The number of aliphatic hydroxyl groups is 1. The number of benzene rings is 1. The van der Waals surface area contributed by atoms with Gasteiger partial charge in [-0.2, -0.15) is 0 Å². The van der Waals surface area contributed by atoms with Crippen molar-refractivity contribution in [3.63, 3.8) is 0 Å². The van der Waals surface area contributed by atoms with E-state index in [-0.39, 0.29) is 16.7 Å². The summed E-state index contributed by atoms with van der Waals surface area (Å²) in [7, 11) is 2.17. The Morgan fingerprint density at radius 3 is 2.26 bits per heavy atom. The number of nitrogens with zero attached hydrogens (tertiary/aromatic N) is 1. The van der Waals surface area contributed by atoms with E-state index in [0.29, 0.717) is 18.1 Å². The molecule has 184 valence electrons. The van der Waals surface area contributed by atoms with Crippen LogP contribution in [0.1, 0.15) is 55.9 Å². The molecule has 0 amide bonds. The molecule has 0 saturated carbocycles. The van der Waals surface area contributed by atoms with Gasteiger partial charge >= 0.3 is 11.9 Å². The number of halogens is 1. The number of allylic oxidation sites excluding steroid dienone is 4. The van der Waals surface area contributed by atoms with Crippen molar-refractivity contribution in [3.8, 4) is 0 Å². The first kappa shape index (κ1) is 25.8. The van der Waals surface area contributed by atoms with Gasteiger partial charge in [-0.25, -0.2) is 14.0 Å². The maximum absolute atomic E-state index is 14.2. The van der Waals surface area contributed by atoms with E-state index in [1.54, 1.807) is 12.2 Å². The molecule has 1 saturated heterocycles. The van der Waals surface area contributed by atoms with Crippen LogP contribution in [0.3, 0.4) is 0 Å². The fraction of sp³-hybridized carbons (Fsp3) is 0.481. The summed E-state index contributed by atoms with van der Waals surface area (Å²) >= 11 is 0. The van der Waals surface area contributed by atoms with E-state index in [1.165, 1.54) is 11.1 Å². The van der Waals surface area contributed by atoms with Crippen molar-refractivity contribution < 1.29 is 29.3 Å². The second-order valence-electron chi connectivity index (χ2n) is 9.97. The molecule has 2 atom stereocenters. The van der Waals surface area contributed by atoms with Gasteiger partial charge in [0.2, 0.25) is 0 Å². The van der Waals surface area contributed by atoms with Crippen LogP contribution in [0, 0.1) is 11.3 Å². The molecule has 3 N–H and O–H groups in total. The van der Waals surface area contributed by atoms with Gasteiger partial charge in [0, 0.05) is 17.6 Å². The Hall–Kier alpha value is -2.77. The van der Waals surface area contributed by atoms with Gasteiger partial charge in [0.15, 0.2) is 0 Å². The van der Waals surface area contributed by atoms with Gasteiger partial charge in [0.25, 0.3) is 0 Å². The molecule has 6 nitrogen and oxygen atoms in total. The van der Waals surface area contributed by atoms with E-state index in [9.17, 15) is 19.1 Å². The topological polar surface area (TPSA) is 98.1 Å². The molecule has 2 unspecified atom stereocenters. The molecule has 0 radical (unpaired) electrons. The Labute approximate surface area is 200 Å². The Balaban J connectivity index is 0.000000350.